The monoisotopic (exact) mass is 190 g/mol. The minimum Gasteiger partial charge on any atom is -0.384 e. The van der Waals surface area contributed by atoms with Gasteiger partial charge in [-0.15, -0.1) is 0 Å². The minimum absolute atomic E-state index is 0.413. The lowest BCUT2D eigenvalue weighted by Gasteiger charge is -2.02. The summed E-state index contributed by atoms with van der Waals surface area (Å²) in [6.45, 7) is 1.95. The SMILES string of the molecule is CCc1nc(N)cc(Cl)c1Cl. The van der Waals surface area contributed by atoms with E-state index in [1.165, 1.54) is 0 Å². The molecule has 0 aliphatic heterocycles. The van der Waals surface area contributed by atoms with Crippen molar-refractivity contribution in [3.05, 3.63) is 21.8 Å². The van der Waals surface area contributed by atoms with Crippen LogP contribution in [0.3, 0.4) is 0 Å². The Morgan fingerprint density at radius 3 is 2.73 bits per heavy atom. The first-order valence-corrected chi connectivity index (χ1v) is 4.01. The van der Waals surface area contributed by atoms with Crippen LogP contribution in [0.25, 0.3) is 0 Å². The molecule has 1 rings (SSSR count). The van der Waals surface area contributed by atoms with Crippen molar-refractivity contribution in [2.45, 2.75) is 13.3 Å². The third-order valence-corrected chi connectivity index (χ3v) is 2.15. The van der Waals surface area contributed by atoms with Crippen LogP contribution in [-0.4, -0.2) is 4.98 Å². The average molecular weight is 191 g/mol. The Bertz CT molecular complexity index is 273. The highest BCUT2D eigenvalue weighted by Crippen LogP contribution is 2.26. The van der Waals surface area contributed by atoms with E-state index in [9.17, 15) is 0 Å². The Hall–Kier alpha value is -0.470. The van der Waals surface area contributed by atoms with Crippen molar-refractivity contribution in [1.82, 2.24) is 4.98 Å². The lowest BCUT2D eigenvalue weighted by atomic mass is 10.3. The summed E-state index contributed by atoms with van der Waals surface area (Å²) in [5.74, 6) is 0.413. The highest BCUT2D eigenvalue weighted by molar-refractivity contribution is 6.42. The summed E-state index contributed by atoms with van der Waals surface area (Å²) in [6, 6.07) is 1.54. The zero-order valence-electron chi connectivity index (χ0n) is 6.06. The largest absolute Gasteiger partial charge is 0.384 e. The van der Waals surface area contributed by atoms with E-state index in [-0.39, 0.29) is 0 Å². The Balaban J connectivity index is 3.24. The van der Waals surface area contributed by atoms with Gasteiger partial charge in [0.15, 0.2) is 0 Å². The van der Waals surface area contributed by atoms with Crippen molar-refractivity contribution in [3.8, 4) is 0 Å². The number of nitrogens with zero attached hydrogens (tertiary/aromatic N) is 1. The molecule has 0 radical (unpaired) electrons. The highest BCUT2D eigenvalue weighted by Gasteiger charge is 2.05. The Labute approximate surface area is 75.3 Å². The van der Waals surface area contributed by atoms with Gasteiger partial charge in [0.1, 0.15) is 5.82 Å². The molecule has 0 aliphatic rings. The van der Waals surface area contributed by atoms with Gasteiger partial charge < -0.3 is 5.73 Å². The van der Waals surface area contributed by atoms with Crippen molar-refractivity contribution < 1.29 is 0 Å². The molecule has 0 saturated heterocycles. The molecule has 11 heavy (non-hydrogen) atoms. The van der Waals surface area contributed by atoms with Gasteiger partial charge in [0.05, 0.1) is 15.7 Å². The maximum absolute atomic E-state index is 5.82. The summed E-state index contributed by atoms with van der Waals surface area (Å²) in [7, 11) is 0. The smallest absolute Gasteiger partial charge is 0.125 e. The van der Waals surface area contributed by atoms with Crippen LogP contribution < -0.4 is 5.73 Å². The molecule has 0 bridgehead atoms. The molecule has 0 aromatic carbocycles. The van der Waals surface area contributed by atoms with Crippen LogP contribution in [0.2, 0.25) is 10.0 Å². The predicted octanol–water partition coefficient (Wildman–Crippen LogP) is 2.53. The molecule has 0 atom stereocenters. The van der Waals surface area contributed by atoms with Crippen molar-refractivity contribution in [2.24, 2.45) is 0 Å². The number of hydrogen-bond donors (Lipinski definition) is 1. The van der Waals surface area contributed by atoms with E-state index in [1.54, 1.807) is 6.07 Å². The molecule has 2 N–H and O–H groups in total. The second-order valence-electron chi connectivity index (χ2n) is 2.14. The molecule has 1 aromatic heterocycles. The van der Waals surface area contributed by atoms with Crippen LogP contribution in [0.15, 0.2) is 6.07 Å². The fourth-order valence-corrected chi connectivity index (χ4v) is 1.25. The van der Waals surface area contributed by atoms with Crippen molar-refractivity contribution >= 4 is 29.0 Å². The number of nitrogens with two attached hydrogens (primary N) is 1. The molecule has 0 fully saturated rings. The fraction of sp³-hybridized carbons (Fsp3) is 0.286. The van der Waals surface area contributed by atoms with E-state index < -0.39 is 0 Å². The number of pyridine rings is 1. The van der Waals surface area contributed by atoms with Crippen molar-refractivity contribution in [1.29, 1.82) is 0 Å². The maximum atomic E-state index is 5.82. The zero-order chi connectivity index (χ0) is 8.43. The van der Waals surface area contributed by atoms with Crippen LogP contribution in [0.5, 0.6) is 0 Å². The summed E-state index contributed by atoms with van der Waals surface area (Å²) in [6.07, 6.45) is 0.740. The highest BCUT2D eigenvalue weighted by atomic mass is 35.5. The van der Waals surface area contributed by atoms with Crippen LogP contribution in [0.4, 0.5) is 5.82 Å². The number of rotatable bonds is 1. The number of nitrogen functional groups attached to an aromatic ring is 1. The first-order chi connectivity index (χ1) is 5.15. The van der Waals surface area contributed by atoms with Gasteiger partial charge in [-0.1, -0.05) is 30.1 Å². The molecule has 1 heterocycles. The first kappa shape index (κ1) is 8.62. The van der Waals surface area contributed by atoms with E-state index in [4.69, 9.17) is 28.9 Å². The molecule has 0 aliphatic carbocycles. The standard InChI is InChI=1S/C7H8Cl2N2/c1-2-5-7(9)4(8)3-6(10)11-5/h3H,2H2,1H3,(H2,10,11). The molecule has 60 valence electrons. The van der Waals surface area contributed by atoms with Gasteiger partial charge in [-0.05, 0) is 6.42 Å². The van der Waals surface area contributed by atoms with Crippen LogP contribution in [0, 0.1) is 0 Å². The van der Waals surface area contributed by atoms with Crippen LogP contribution in [-0.2, 0) is 6.42 Å². The molecular weight excluding hydrogens is 183 g/mol. The van der Waals surface area contributed by atoms with E-state index in [2.05, 4.69) is 4.98 Å². The summed E-state index contributed by atoms with van der Waals surface area (Å²) in [5, 5.41) is 0.972. The lowest BCUT2D eigenvalue weighted by Crippen LogP contribution is -1.95. The van der Waals surface area contributed by atoms with Gasteiger partial charge in [-0.3, -0.25) is 0 Å². The zero-order valence-corrected chi connectivity index (χ0v) is 7.58. The summed E-state index contributed by atoms with van der Waals surface area (Å²) in [4.78, 5) is 4.01. The Morgan fingerprint density at radius 2 is 2.18 bits per heavy atom. The lowest BCUT2D eigenvalue weighted by molar-refractivity contribution is 1.04. The summed E-state index contributed by atoms with van der Waals surface area (Å²) < 4.78 is 0. The van der Waals surface area contributed by atoms with E-state index in [1.807, 2.05) is 6.92 Å². The van der Waals surface area contributed by atoms with E-state index in [0.29, 0.717) is 15.9 Å². The number of anilines is 1. The third-order valence-electron chi connectivity index (χ3n) is 1.34. The van der Waals surface area contributed by atoms with Crippen molar-refractivity contribution in [3.63, 3.8) is 0 Å². The second kappa shape index (κ2) is 3.28. The maximum Gasteiger partial charge on any atom is 0.125 e. The number of halogens is 2. The minimum atomic E-state index is 0.413. The summed E-state index contributed by atoms with van der Waals surface area (Å²) >= 11 is 11.6. The molecule has 0 unspecified atom stereocenters. The molecule has 2 nitrogen and oxygen atoms in total. The molecule has 1 aromatic rings. The van der Waals surface area contributed by atoms with Crippen LogP contribution in [0.1, 0.15) is 12.6 Å². The fourth-order valence-electron chi connectivity index (χ4n) is 0.802. The van der Waals surface area contributed by atoms with Gasteiger partial charge in [-0.2, -0.15) is 0 Å². The van der Waals surface area contributed by atoms with Gasteiger partial charge in [0, 0.05) is 6.07 Å². The topological polar surface area (TPSA) is 38.9 Å². The molecule has 0 saturated carbocycles. The van der Waals surface area contributed by atoms with Gasteiger partial charge in [0.2, 0.25) is 0 Å². The Kier molecular flexibility index (Phi) is 2.58. The molecule has 4 heteroatoms. The van der Waals surface area contributed by atoms with Gasteiger partial charge in [-0.25, -0.2) is 4.98 Å². The number of aromatic nitrogens is 1. The molecule has 0 amide bonds. The van der Waals surface area contributed by atoms with E-state index >= 15 is 0 Å². The van der Waals surface area contributed by atoms with Gasteiger partial charge >= 0.3 is 0 Å². The third kappa shape index (κ3) is 1.76. The quantitative estimate of drug-likeness (QED) is 0.740. The van der Waals surface area contributed by atoms with Gasteiger partial charge in [0.25, 0.3) is 0 Å². The van der Waals surface area contributed by atoms with Crippen LogP contribution >= 0.6 is 23.2 Å². The van der Waals surface area contributed by atoms with E-state index in [0.717, 1.165) is 12.1 Å². The number of aryl methyl sites for hydroxylation is 1. The summed E-state index contributed by atoms with van der Waals surface area (Å²) in [5.41, 5.74) is 6.20. The molecular formula is C7H8Cl2N2. The first-order valence-electron chi connectivity index (χ1n) is 3.25. The molecule has 0 spiro atoms. The number of hydrogen-bond acceptors (Lipinski definition) is 2. The van der Waals surface area contributed by atoms with Crippen molar-refractivity contribution in [2.75, 3.05) is 5.73 Å². The Morgan fingerprint density at radius 1 is 1.55 bits per heavy atom. The average Bonchev–Trinajstić information content (AvgIpc) is 1.96. The predicted molar refractivity (Wildman–Crippen MR) is 48.0 cm³/mol. The second-order valence-corrected chi connectivity index (χ2v) is 2.93. The normalized spacial score (nSPS) is 10.1.